The summed E-state index contributed by atoms with van der Waals surface area (Å²) in [6, 6.07) is 12.0. The largest absolute Gasteiger partial charge is 0.483 e. The van der Waals surface area contributed by atoms with Crippen LogP contribution in [0.3, 0.4) is 0 Å². The van der Waals surface area contributed by atoms with E-state index in [-0.39, 0.29) is 37.2 Å². The van der Waals surface area contributed by atoms with E-state index in [4.69, 9.17) is 14.6 Å². The fourth-order valence-electron chi connectivity index (χ4n) is 4.35. The number of carboxylic acid groups (broad SMARTS) is 1. The van der Waals surface area contributed by atoms with Crippen molar-refractivity contribution in [3.63, 3.8) is 0 Å². The predicted molar refractivity (Wildman–Crippen MR) is 118 cm³/mol. The van der Waals surface area contributed by atoms with Gasteiger partial charge >= 0.3 is 0 Å². The summed E-state index contributed by atoms with van der Waals surface area (Å²) in [5.74, 6) is 0.0596. The number of benzene rings is 1. The highest BCUT2D eigenvalue weighted by molar-refractivity contribution is 5.76. The van der Waals surface area contributed by atoms with Gasteiger partial charge < -0.3 is 24.7 Å². The molecule has 2 aliphatic heterocycles. The number of carbonyl (C=O) groups is 2. The van der Waals surface area contributed by atoms with E-state index >= 15 is 0 Å². The van der Waals surface area contributed by atoms with Gasteiger partial charge in [0, 0.05) is 32.4 Å². The Morgan fingerprint density at radius 2 is 1.88 bits per heavy atom. The molecule has 1 amide bonds. The van der Waals surface area contributed by atoms with Gasteiger partial charge in [0.15, 0.2) is 0 Å². The van der Waals surface area contributed by atoms with Crippen LogP contribution in [0.15, 0.2) is 42.6 Å². The predicted octanol–water partition coefficient (Wildman–Crippen LogP) is 1.32. The molecule has 0 unspecified atom stereocenters. The van der Waals surface area contributed by atoms with Crippen molar-refractivity contribution in [2.45, 2.75) is 44.6 Å². The molecule has 2 atom stereocenters. The molecule has 32 heavy (non-hydrogen) atoms. The molecule has 0 bridgehead atoms. The lowest BCUT2D eigenvalue weighted by Crippen LogP contribution is -2.53. The Hall–Kier alpha value is -2.75. The fourth-order valence-corrected chi connectivity index (χ4v) is 4.35. The lowest BCUT2D eigenvalue weighted by molar-refractivity contribution is -0.149. The fraction of sp³-hybridized carbons (Fsp3) is 0.522. The zero-order valence-corrected chi connectivity index (χ0v) is 18.4. The third-order valence-corrected chi connectivity index (χ3v) is 5.88. The highest BCUT2D eigenvalue weighted by Gasteiger charge is 2.37. The monoisotopic (exact) mass is 444 g/mol. The molecular formula is C23H32N4O5. The van der Waals surface area contributed by atoms with Crippen LogP contribution in [-0.2, 0) is 20.9 Å². The van der Waals surface area contributed by atoms with Crippen LogP contribution in [0.2, 0.25) is 0 Å². The van der Waals surface area contributed by atoms with Crippen molar-refractivity contribution in [2.24, 2.45) is 0 Å². The van der Waals surface area contributed by atoms with Crippen LogP contribution in [0.1, 0.15) is 30.1 Å². The van der Waals surface area contributed by atoms with Crippen molar-refractivity contribution < 1.29 is 24.5 Å². The van der Waals surface area contributed by atoms with Gasteiger partial charge in [-0.15, -0.1) is 0 Å². The Bertz CT molecular complexity index is 851. The topological polar surface area (TPSA) is 108 Å². The molecule has 3 heterocycles. The first kappa shape index (κ1) is 23.9. The van der Waals surface area contributed by atoms with Gasteiger partial charge in [-0.3, -0.25) is 14.3 Å². The number of aromatic nitrogens is 2. The number of aryl methyl sites for hydroxylation is 1. The standard InChI is InChI=1S/C22H30N4O3.CH2O2/c1-17-7-12-25(23-17)16-21(28)26-13-14-29-20(15-24-10-8-19(27)9-11-24)22(26)18-5-3-2-4-6-18;2-1-3/h2-7,12,19-20,22,27H,8-11,13-16H2,1H3;1H,(H,2,3)/t20-,22-;/m0./s1. The maximum Gasteiger partial charge on any atom is 0.290 e. The Kier molecular flexibility index (Phi) is 8.78. The third-order valence-electron chi connectivity index (χ3n) is 5.88. The number of likely N-dealkylation sites (tertiary alicyclic amines) is 1. The molecule has 4 rings (SSSR count). The van der Waals surface area contributed by atoms with E-state index < -0.39 is 0 Å². The SMILES string of the molecule is Cc1ccn(CC(=O)N2CCO[C@@H](CN3CCC(O)CC3)[C@@H]2c2ccccc2)n1.O=CO. The molecule has 9 heteroatoms. The second kappa shape index (κ2) is 11.8. The normalized spacial score (nSPS) is 22.1. The van der Waals surface area contributed by atoms with Gasteiger partial charge in [0.1, 0.15) is 6.54 Å². The van der Waals surface area contributed by atoms with Gasteiger partial charge in [0.2, 0.25) is 5.91 Å². The van der Waals surface area contributed by atoms with Crippen LogP contribution in [0, 0.1) is 6.92 Å². The first-order valence-electron chi connectivity index (χ1n) is 11.0. The van der Waals surface area contributed by atoms with Gasteiger partial charge in [-0.25, -0.2) is 0 Å². The van der Waals surface area contributed by atoms with E-state index in [1.54, 1.807) is 4.68 Å². The average Bonchev–Trinajstić information content (AvgIpc) is 3.21. The number of carbonyl (C=O) groups excluding carboxylic acids is 1. The van der Waals surface area contributed by atoms with E-state index in [1.807, 2.05) is 42.3 Å². The van der Waals surface area contributed by atoms with Crippen molar-refractivity contribution >= 4 is 12.4 Å². The Morgan fingerprint density at radius 3 is 2.50 bits per heavy atom. The summed E-state index contributed by atoms with van der Waals surface area (Å²) in [5.41, 5.74) is 2.00. The molecule has 174 valence electrons. The number of rotatable bonds is 5. The molecule has 2 aromatic rings. The minimum absolute atomic E-state index is 0.0596. The van der Waals surface area contributed by atoms with Crippen molar-refractivity contribution in [1.82, 2.24) is 19.6 Å². The van der Waals surface area contributed by atoms with Crippen molar-refractivity contribution in [2.75, 3.05) is 32.8 Å². The molecule has 2 saturated heterocycles. The van der Waals surface area contributed by atoms with E-state index in [9.17, 15) is 9.90 Å². The maximum atomic E-state index is 13.2. The number of piperidine rings is 1. The van der Waals surface area contributed by atoms with E-state index in [0.717, 1.165) is 43.7 Å². The lowest BCUT2D eigenvalue weighted by atomic mass is 9.96. The smallest absolute Gasteiger partial charge is 0.290 e. The number of morpholine rings is 1. The summed E-state index contributed by atoms with van der Waals surface area (Å²) >= 11 is 0. The molecule has 0 aliphatic carbocycles. The second-order valence-corrected chi connectivity index (χ2v) is 8.14. The van der Waals surface area contributed by atoms with Gasteiger partial charge in [-0.1, -0.05) is 30.3 Å². The van der Waals surface area contributed by atoms with Gasteiger partial charge in [0.25, 0.3) is 6.47 Å². The number of hydrogen-bond donors (Lipinski definition) is 2. The summed E-state index contributed by atoms with van der Waals surface area (Å²) in [5, 5.41) is 21.1. The Labute approximate surface area is 188 Å². The summed E-state index contributed by atoms with van der Waals surface area (Å²) in [7, 11) is 0. The zero-order chi connectivity index (χ0) is 22.9. The minimum atomic E-state index is -0.250. The molecule has 1 aromatic heterocycles. The molecule has 2 fully saturated rings. The van der Waals surface area contributed by atoms with E-state index in [0.29, 0.717) is 13.2 Å². The number of aliphatic hydroxyl groups excluding tert-OH is 1. The number of hydrogen-bond acceptors (Lipinski definition) is 6. The second-order valence-electron chi connectivity index (χ2n) is 8.14. The van der Waals surface area contributed by atoms with Crippen LogP contribution in [0.5, 0.6) is 0 Å². The average molecular weight is 445 g/mol. The van der Waals surface area contributed by atoms with Gasteiger partial charge in [0.05, 0.1) is 30.6 Å². The third kappa shape index (κ3) is 6.38. The number of amides is 1. The summed E-state index contributed by atoms with van der Waals surface area (Å²) < 4.78 is 7.89. The van der Waals surface area contributed by atoms with E-state index in [1.165, 1.54) is 0 Å². The van der Waals surface area contributed by atoms with Crippen LogP contribution in [0.25, 0.3) is 0 Å². The van der Waals surface area contributed by atoms with Gasteiger partial charge in [-0.2, -0.15) is 5.10 Å². The summed E-state index contributed by atoms with van der Waals surface area (Å²) in [6.07, 6.45) is 3.15. The summed E-state index contributed by atoms with van der Waals surface area (Å²) in [6.45, 7) is 5.51. The Morgan fingerprint density at radius 1 is 1.19 bits per heavy atom. The molecule has 2 N–H and O–H groups in total. The first-order chi connectivity index (χ1) is 15.5. The molecule has 0 radical (unpaired) electrons. The Balaban J connectivity index is 0.000000913. The van der Waals surface area contributed by atoms with E-state index in [2.05, 4.69) is 22.1 Å². The lowest BCUT2D eigenvalue weighted by Gasteiger charge is -2.44. The molecular weight excluding hydrogens is 412 g/mol. The molecule has 0 saturated carbocycles. The van der Waals surface area contributed by atoms with Crippen molar-refractivity contribution in [1.29, 1.82) is 0 Å². The summed E-state index contributed by atoms with van der Waals surface area (Å²) in [4.78, 5) is 25.9. The quantitative estimate of drug-likeness (QED) is 0.670. The molecule has 9 nitrogen and oxygen atoms in total. The van der Waals surface area contributed by atoms with Crippen LogP contribution < -0.4 is 0 Å². The number of nitrogens with zero attached hydrogens (tertiary/aromatic N) is 4. The minimum Gasteiger partial charge on any atom is -0.483 e. The highest BCUT2D eigenvalue weighted by Crippen LogP contribution is 2.31. The van der Waals surface area contributed by atoms with Crippen molar-refractivity contribution in [3.05, 3.63) is 53.9 Å². The molecule has 0 spiro atoms. The number of ether oxygens (including phenoxy) is 1. The van der Waals surface area contributed by atoms with Crippen LogP contribution in [0.4, 0.5) is 0 Å². The number of aliphatic hydroxyl groups is 1. The maximum absolute atomic E-state index is 13.2. The zero-order valence-electron chi connectivity index (χ0n) is 18.4. The molecule has 1 aromatic carbocycles. The highest BCUT2D eigenvalue weighted by atomic mass is 16.5. The van der Waals surface area contributed by atoms with Crippen LogP contribution in [-0.4, -0.2) is 87.2 Å². The van der Waals surface area contributed by atoms with Crippen LogP contribution >= 0.6 is 0 Å². The van der Waals surface area contributed by atoms with Gasteiger partial charge in [-0.05, 0) is 31.4 Å². The van der Waals surface area contributed by atoms with Crippen molar-refractivity contribution in [3.8, 4) is 0 Å². The molecule has 2 aliphatic rings. The first-order valence-corrected chi connectivity index (χ1v) is 11.0.